The topological polar surface area (TPSA) is 56.8 Å². The van der Waals surface area contributed by atoms with Crippen molar-refractivity contribution in [2.24, 2.45) is 5.92 Å². The molecule has 5 nitrogen and oxygen atoms in total. The van der Waals surface area contributed by atoms with E-state index in [4.69, 9.17) is 4.98 Å². The summed E-state index contributed by atoms with van der Waals surface area (Å²) in [6.45, 7) is 3.45. The predicted molar refractivity (Wildman–Crippen MR) is 78.9 cm³/mol. The van der Waals surface area contributed by atoms with Crippen LogP contribution in [-0.2, 0) is 0 Å². The molecule has 1 unspecified atom stereocenters. The van der Waals surface area contributed by atoms with E-state index >= 15 is 0 Å². The van der Waals surface area contributed by atoms with Crippen LogP contribution in [0.25, 0.3) is 0 Å². The van der Waals surface area contributed by atoms with E-state index in [-0.39, 0.29) is 0 Å². The van der Waals surface area contributed by atoms with Gasteiger partial charge in [-0.25, -0.2) is 0 Å². The van der Waals surface area contributed by atoms with Gasteiger partial charge in [-0.05, 0) is 51.0 Å². The summed E-state index contributed by atoms with van der Waals surface area (Å²) < 4.78 is 0. The van der Waals surface area contributed by atoms with Crippen molar-refractivity contribution in [3.63, 3.8) is 0 Å². The normalized spacial score (nSPS) is 28.8. The molecular formula is C15H25N5. The Morgan fingerprint density at radius 3 is 2.50 bits per heavy atom. The zero-order chi connectivity index (χ0) is 13.4. The first-order chi connectivity index (χ1) is 9.90. The van der Waals surface area contributed by atoms with Crippen LogP contribution in [0.15, 0.2) is 0 Å². The SMILES string of the molecule is C1CC(c2nc(N3CCC(C4CCCN4)CC3)n[nH]2)C1. The lowest BCUT2D eigenvalue weighted by molar-refractivity contribution is 0.317. The maximum absolute atomic E-state index is 4.72. The fourth-order valence-corrected chi connectivity index (χ4v) is 3.89. The van der Waals surface area contributed by atoms with Crippen LogP contribution in [0.3, 0.4) is 0 Å². The summed E-state index contributed by atoms with van der Waals surface area (Å²) >= 11 is 0. The molecule has 0 aromatic carbocycles. The van der Waals surface area contributed by atoms with E-state index < -0.39 is 0 Å². The highest BCUT2D eigenvalue weighted by Crippen LogP contribution is 2.35. The molecule has 1 aromatic rings. The quantitative estimate of drug-likeness (QED) is 0.886. The molecule has 3 fully saturated rings. The van der Waals surface area contributed by atoms with Crippen LogP contribution in [0.2, 0.25) is 0 Å². The summed E-state index contributed by atoms with van der Waals surface area (Å²) in [5, 5.41) is 11.3. The van der Waals surface area contributed by atoms with Crippen molar-refractivity contribution in [1.29, 1.82) is 0 Å². The Labute approximate surface area is 120 Å². The van der Waals surface area contributed by atoms with Gasteiger partial charge in [0, 0.05) is 25.0 Å². The van der Waals surface area contributed by atoms with Crippen LogP contribution in [0.4, 0.5) is 5.95 Å². The van der Waals surface area contributed by atoms with Crippen LogP contribution in [0.5, 0.6) is 0 Å². The van der Waals surface area contributed by atoms with Gasteiger partial charge in [0.25, 0.3) is 0 Å². The first kappa shape index (κ1) is 12.6. The van der Waals surface area contributed by atoms with Crippen LogP contribution in [0.1, 0.15) is 56.7 Å². The van der Waals surface area contributed by atoms with Crippen molar-refractivity contribution >= 4 is 5.95 Å². The predicted octanol–water partition coefficient (Wildman–Crippen LogP) is 2.04. The number of H-pyrrole nitrogens is 1. The molecule has 1 saturated carbocycles. The van der Waals surface area contributed by atoms with Crippen molar-refractivity contribution in [2.75, 3.05) is 24.5 Å². The average Bonchev–Trinajstić information content (AvgIpc) is 3.08. The van der Waals surface area contributed by atoms with Gasteiger partial charge in [0.15, 0.2) is 0 Å². The maximum Gasteiger partial charge on any atom is 0.244 e. The van der Waals surface area contributed by atoms with Crippen LogP contribution < -0.4 is 10.2 Å². The lowest BCUT2D eigenvalue weighted by atomic mass is 9.85. The highest BCUT2D eigenvalue weighted by molar-refractivity contribution is 5.30. The van der Waals surface area contributed by atoms with Crippen molar-refractivity contribution in [3.05, 3.63) is 5.82 Å². The summed E-state index contributed by atoms with van der Waals surface area (Å²) in [6, 6.07) is 0.773. The summed E-state index contributed by atoms with van der Waals surface area (Å²) in [6.07, 6.45) is 9.21. The van der Waals surface area contributed by atoms with Crippen molar-refractivity contribution in [1.82, 2.24) is 20.5 Å². The third-order valence-electron chi connectivity index (χ3n) is 5.47. The molecule has 5 heteroatoms. The largest absolute Gasteiger partial charge is 0.340 e. The lowest BCUT2D eigenvalue weighted by Gasteiger charge is -2.34. The first-order valence-electron chi connectivity index (χ1n) is 8.31. The third kappa shape index (κ3) is 2.32. The van der Waals surface area contributed by atoms with Gasteiger partial charge in [0.1, 0.15) is 5.82 Å². The molecule has 0 amide bonds. The van der Waals surface area contributed by atoms with Gasteiger partial charge in [-0.1, -0.05) is 6.42 Å². The molecule has 4 rings (SSSR count). The van der Waals surface area contributed by atoms with Gasteiger partial charge in [0.05, 0.1) is 0 Å². The van der Waals surface area contributed by atoms with E-state index in [2.05, 4.69) is 20.4 Å². The summed E-state index contributed by atoms with van der Waals surface area (Å²) in [5.74, 6) is 3.56. The number of hydrogen-bond acceptors (Lipinski definition) is 4. The minimum absolute atomic E-state index is 0.650. The second-order valence-electron chi connectivity index (χ2n) is 6.68. The highest BCUT2D eigenvalue weighted by atomic mass is 15.4. The van der Waals surface area contributed by atoms with Gasteiger partial charge >= 0.3 is 0 Å². The molecule has 0 bridgehead atoms. The number of aromatic amines is 1. The van der Waals surface area contributed by atoms with Gasteiger partial charge in [0.2, 0.25) is 5.95 Å². The Bertz CT molecular complexity index is 439. The lowest BCUT2D eigenvalue weighted by Crippen LogP contribution is -2.41. The number of nitrogens with zero attached hydrogens (tertiary/aromatic N) is 3. The van der Waals surface area contributed by atoms with Gasteiger partial charge in [-0.2, -0.15) is 4.98 Å². The molecule has 3 aliphatic rings. The zero-order valence-electron chi connectivity index (χ0n) is 12.1. The number of rotatable bonds is 3. The number of nitrogens with one attached hydrogen (secondary N) is 2. The Hall–Kier alpha value is -1.10. The van der Waals surface area contributed by atoms with E-state index in [0.717, 1.165) is 36.8 Å². The summed E-state index contributed by atoms with van der Waals surface area (Å²) in [5.41, 5.74) is 0. The number of piperidine rings is 1. The zero-order valence-corrected chi connectivity index (χ0v) is 12.1. The summed E-state index contributed by atoms with van der Waals surface area (Å²) in [7, 11) is 0. The first-order valence-corrected chi connectivity index (χ1v) is 8.31. The standard InChI is InChI=1S/C15H25N5/c1-3-12(4-1)14-17-15(19-18-14)20-9-6-11(7-10-20)13-5-2-8-16-13/h11-13,16H,1-10H2,(H,17,18,19). The van der Waals surface area contributed by atoms with Crippen LogP contribution in [0, 0.1) is 5.92 Å². The van der Waals surface area contributed by atoms with E-state index in [1.54, 1.807) is 0 Å². The van der Waals surface area contributed by atoms with Crippen molar-refractivity contribution in [3.8, 4) is 0 Å². The Kier molecular flexibility index (Phi) is 3.38. The van der Waals surface area contributed by atoms with E-state index in [1.165, 1.54) is 51.5 Å². The number of hydrogen-bond donors (Lipinski definition) is 2. The van der Waals surface area contributed by atoms with E-state index in [0.29, 0.717) is 5.92 Å². The molecule has 2 N–H and O–H groups in total. The molecule has 1 aliphatic carbocycles. The molecule has 2 aliphatic heterocycles. The smallest absolute Gasteiger partial charge is 0.244 e. The van der Waals surface area contributed by atoms with Gasteiger partial charge < -0.3 is 10.2 Å². The minimum atomic E-state index is 0.650. The fraction of sp³-hybridized carbons (Fsp3) is 0.867. The molecule has 1 atom stereocenters. The van der Waals surface area contributed by atoms with Crippen LogP contribution >= 0.6 is 0 Å². The third-order valence-corrected chi connectivity index (χ3v) is 5.47. The molecular weight excluding hydrogens is 250 g/mol. The van der Waals surface area contributed by atoms with E-state index in [1.807, 2.05) is 0 Å². The van der Waals surface area contributed by atoms with Crippen molar-refractivity contribution < 1.29 is 0 Å². The average molecular weight is 275 g/mol. The van der Waals surface area contributed by atoms with E-state index in [9.17, 15) is 0 Å². The molecule has 1 aromatic heterocycles. The Morgan fingerprint density at radius 2 is 1.85 bits per heavy atom. The molecule has 3 heterocycles. The molecule has 110 valence electrons. The monoisotopic (exact) mass is 275 g/mol. The second kappa shape index (κ2) is 5.35. The fourth-order valence-electron chi connectivity index (χ4n) is 3.89. The van der Waals surface area contributed by atoms with Gasteiger partial charge in [-0.3, -0.25) is 5.10 Å². The molecule has 2 saturated heterocycles. The number of aromatic nitrogens is 3. The Balaban J connectivity index is 1.35. The maximum atomic E-state index is 4.72. The highest BCUT2D eigenvalue weighted by Gasteiger charge is 2.30. The minimum Gasteiger partial charge on any atom is -0.340 e. The molecule has 0 spiro atoms. The number of anilines is 1. The van der Waals surface area contributed by atoms with Crippen LogP contribution in [-0.4, -0.2) is 40.9 Å². The molecule has 20 heavy (non-hydrogen) atoms. The van der Waals surface area contributed by atoms with Gasteiger partial charge in [-0.15, -0.1) is 5.10 Å². The molecule has 0 radical (unpaired) electrons. The second-order valence-corrected chi connectivity index (χ2v) is 6.68. The van der Waals surface area contributed by atoms with Crippen molar-refractivity contribution in [2.45, 2.75) is 56.9 Å². The summed E-state index contributed by atoms with van der Waals surface area (Å²) in [4.78, 5) is 7.09. The Morgan fingerprint density at radius 1 is 1.00 bits per heavy atom.